The molecule has 2 aromatic rings. The summed E-state index contributed by atoms with van der Waals surface area (Å²) in [5, 5.41) is 15.0. The zero-order valence-corrected chi connectivity index (χ0v) is 11.5. The van der Waals surface area contributed by atoms with Crippen molar-refractivity contribution in [1.82, 2.24) is 20.4 Å². The average molecular weight is 286 g/mol. The van der Waals surface area contributed by atoms with Crippen molar-refractivity contribution in [3.63, 3.8) is 0 Å². The molecule has 2 aromatic heterocycles. The summed E-state index contributed by atoms with van der Waals surface area (Å²) >= 11 is 0. The number of rotatable bonds is 4. The van der Waals surface area contributed by atoms with E-state index in [1.165, 1.54) is 6.20 Å². The molecule has 0 bridgehead atoms. The normalized spacial score (nSPS) is 9.81. The lowest BCUT2D eigenvalue weighted by Crippen LogP contribution is -2.23. The Morgan fingerprint density at radius 3 is 3.05 bits per heavy atom. The highest BCUT2D eigenvalue weighted by atomic mass is 16.5. The number of nitrogens with zero attached hydrogens (tertiary/aromatic N) is 3. The molecule has 108 valence electrons. The van der Waals surface area contributed by atoms with Gasteiger partial charge in [0.2, 0.25) is 5.89 Å². The quantitative estimate of drug-likeness (QED) is 0.791. The van der Waals surface area contributed by atoms with Crippen LogP contribution in [-0.2, 0) is 6.54 Å². The minimum atomic E-state index is -0.296. The van der Waals surface area contributed by atoms with E-state index in [9.17, 15) is 4.79 Å². The first kappa shape index (κ1) is 14.7. The van der Waals surface area contributed by atoms with Crippen LogP contribution in [0.3, 0.4) is 0 Å². The molecule has 0 aliphatic rings. The van der Waals surface area contributed by atoms with Crippen molar-refractivity contribution in [2.24, 2.45) is 0 Å². The van der Waals surface area contributed by atoms with Crippen LogP contribution < -0.4 is 5.32 Å². The molecule has 0 fully saturated rings. The van der Waals surface area contributed by atoms with Crippen molar-refractivity contribution < 1.29 is 14.4 Å². The van der Waals surface area contributed by atoms with Crippen LogP contribution >= 0.6 is 0 Å². The van der Waals surface area contributed by atoms with Crippen molar-refractivity contribution in [1.29, 1.82) is 0 Å². The van der Waals surface area contributed by atoms with E-state index in [-0.39, 0.29) is 19.1 Å². The van der Waals surface area contributed by atoms with E-state index in [1.54, 1.807) is 19.2 Å². The lowest BCUT2D eigenvalue weighted by Gasteiger charge is -2.02. The maximum Gasteiger partial charge on any atom is 0.253 e. The zero-order valence-electron chi connectivity index (χ0n) is 11.5. The number of hydrogen-bond acceptors (Lipinski definition) is 6. The summed E-state index contributed by atoms with van der Waals surface area (Å²) in [6.45, 7) is 1.86. The van der Waals surface area contributed by atoms with Crippen LogP contribution in [0.5, 0.6) is 0 Å². The maximum absolute atomic E-state index is 12.0. The second kappa shape index (κ2) is 7.17. The van der Waals surface area contributed by atoms with Gasteiger partial charge in [0, 0.05) is 31.3 Å². The number of pyridine rings is 1. The fraction of sp³-hybridized carbons (Fsp3) is 0.286. The molecule has 0 saturated heterocycles. The van der Waals surface area contributed by atoms with Gasteiger partial charge >= 0.3 is 0 Å². The van der Waals surface area contributed by atoms with Crippen molar-refractivity contribution in [2.75, 3.05) is 6.61 Å². The van der Waals surface area contributed by atoms with Crippen LogP contribution in [0, 0.1) is 18.8 Å². The van der Waals surface area contributed by atoms with Crippen LogP contribution in [0.1, 0.15) is 34.1 Å². The molecule has 0 radical (unpaired) electrons. The number of aliphatic hydroxyl groups excluding tert-OH is 1. The van der Waals surface area contributed by atoms with Crippen molar-refractivity contribution in [3.8, 4) is 11.8 Å². The molecule has 0 saturated carbocycles. The van der Waals surface area contributed by atoms with E-state index in [0.717, 1.165) is 0 Å². The fourth-order valence-corrected chi connectivity index (χ4v) is 1.53. The summed E-state index contributed by atoms with van der Waals surface area (Å²) in [6, 6.07) is 1.63. The molecule has 7 heteroatoms. The summed E-state index contributed by atoms with van der Waals surface area (Å²) in [7, 11) is 0. The van der Waals surface area contributed by atoms with E-state index in [0.29, 0.717) is 29.3 Å². The average Bonchev–Trinajstić information content (AvgIpc) is 2.91. The molecule has 0 aliphatic heterocycles. The van der Waals surface area contributed by atoms with Gasteiger partial charge in [-0.15, -0.1) is 0 Å². The van der Waals surface area contributed by atoms with Crippen molar-refractivity contribution in [2.45, 2.75) is 19.9 Å². The highest BCUT2D eigenvalue weighted by Crippen LogP contribution is 2.02. The Morgan fingerprint density at radius 2 is 2.33 bits per heavy atom. The third kappa shape index (κ3) is 4.40. The largest absolute Gasteiger partial charge is 0.395 e. The molecule has 0 atom stereocenters. The van der Waals surface area contributed by atoms with E-state index < -0.39 is 0 Å². The van der Waals surface area contributed by atoms with Gasteiger partial charge in [-0.2, -0.15) is 4.98 Å². The minimum absolute atomic E-state index is 0.00468. The van der Waals surface area contributed by atoms with Crippen LogP contribution in [0.2, 0.25) is 0 Å². The Kier molecular flexibility index (Phi) is 5.01. The summed E-state index contributed by atoms with van der Waals surface area (Å²) in [6.07, 6.45) is 3.39. The lowest BCUT2D eigenvalue weighted by molar-refractivity contribution is 0.0949. The number of nitrogens with one attached hydrogen (secondary N) is 1. The number of aromatic nitrogens is 3. The molecule has 2 rings (SSSR count). The van der Waals surface area contributed by atoms with Gasteiger partial charge in [0.15, 0.2) is 5.82 Å². The van der Waals surface area contributed by atoms with E-state index >= 15 is 0 Å². The summed E-state index contributed by atoms with van der Waals surface area (Å²) in [5.41, 5.74) is 1.01. The minimum Gasteiger partial charge on any atom is -0.395 e. The first-order chi connectivity index (χ1) is 10.2. The van der Waals surface area contributed by atoms with E-state index in [2.05, 4.69) is 32.3 Å². The van der Waals surface area contributed by atoms with Gasteiger partial charge in [0.1, 0.15) is 0 Å². The molecule has 1 amide bonds. The van der Waals surface area contributed by atoms with Gasteiger partial charge in [-0.05, 0) is 6.07 Å². The summed E-state index contributed by atoms with van der Waals surface area (Å²) < 4.78 is 4.81. The first-order valence-electron chi connectivity index (χ1n) is 6.31. The second-order valence-corrected chi connectivity index (χ2v) is 4.15. The molecule has 0 aromatic carbocycles. The standard InChI is InChI=1S/C14H14N4O3/c1-10-17-13(18-21-10)9-16-14(20)12-6-11(7-15-8-12)4-2-3-5-19/h6-8,19H,3,5,9H2,1H3,(H,16,20). The molecule has 21 heavy (non-hydrogen) atoms. The molecule has 2 heterocycles. The van der Waals surface area contributed by atoms with Crippen LogP contribution in [0.25, 0.3) is 0 Å². The van der Waals surface area contributed by atoms with Gasteiger partial charge in [-0.3, -0.25) is 9.78 Å². The molecular weight excluding hydrogens is 272 g/mol. The number of aryl methyl sites for hydroxylation is 1. The molecular formula is C14H14N4O3. The van der Waals surface area contributed by atoms with Crippen molar-refractivity contribution in [3.05, 3.63) is 41.3 Å². The molecule has 2 N–H and O–H groups in total. The number of amides is 1. The van der Waals surface area contributed by atoms with Crippen LogP contribution in [-0.4, -0.2) is 32.7 Å². The Morgan fingerprint density at radius 1 is 1.48 bits per heavy atom. The lowest BCUT2D eigenvalue weighted by atomic mass is 10.2. The molecule has 7 nitrogen and oxygen atoms in total. The number of aliphatic hydroxyl groups is 1. The van der Waals surface area contributed by atoms with Gasteiger partial charge in [-0.25, -0.2) is 0 Å². The molecule has 0 unspecified atom stereocenters. The fourth-order valence-electron chi connectivity index (χ4n) is 1.53. The van der Waals surface area contributed by atoms with Gasteiger partial charge < -0.3 is 14.9 Å². The number of carbonyl (C=O) groups excluding carboxylic acids is 1. The maximum atomic E-state index is 12.0. The predicted molar refractivity (Wildman–Crippen MR) is 73.0 cm³/mol. The molecule has 0 aliphatic carbocycles. The Bertz CT molecular complexity index is 685. The first-order valence-corrected chi connectivity index (χ1v) is 6.31. The zero-order chi connectivity index (χ0) is 15.1. The third-order valence-corrected chi connectivity index (χ3v) is 2.45. The topological polar surface area (TPSA) is 101 Å². The number of hydrogen-bond donors (Lipinski definition) is 2. The van der Waals surface area contributed by atoms with Crippen LogP contribution in [0.15, 0.2) is 23.0 Å². The summed E-state index contributed by atoms with van der Waals surface area (Å²) in [4.78, 5) is 19.9. The third-order valence-electron chi connectivity index (χ3n) is 2.45. The monoisotopic (exact) mass is 286 g/mol. The highest BCUT2D eigenvalue weighted by molar-refractivity contribution is 5.94. The molecule has 0 spiro atoms. The van der Waals surface area contributed by atoms with Crippen LogP contribution in [0.4, 0.5) is 0 Å². The number of carbonyl (C=O) groups is 1. The van der Waals surface area contributed by atoms with E-state index in [1.807, 2.05) is 0 Å². The van der Waals surface area contributed by atoms with Gasteiger partial charge in [-0.1, -0.05) is 17.0 Å². The Labute approximate surface area is 121 Å². The Balaban J connectivity index is 1.99. The van der Waals surface area contributed by atoms with E-state index in [4.69, 9.17) is 9.63 Å². The van der Waals surface area contributed by atoms with Crippen molar-refractivity contribution >= 4 is 5.91 Å². The smallest absolute Gasteiger partial charge is 0.253 e. The second-order valence-electron chi connectivity index (χ2n) is 4.15. The summed E-state index contributed by atoms with van der Waals surface area (Å²) in [5.74, 6) is 6.16. The van der Waals surface area contributed by atoms with Gasteiger partial charge in [0.05, 0.1) is 18.7 Å². The Hall–Kier alpha value is -2.72. The van der Waals surface area contributed by atoms with Gasteiger partial charge in [0.25, 0.3) is 5.91 Å². The SMILES string of the molecule is Cc1nc(CNC(=O)c2cncc(C#CCCO)c2)no1. The predicted octanol–water partition coefficient (Wildman–Crippen LogP) is 0.437. The highest BCUT2D eigenvalue weighted by Gasteiger charge is 2.08.